The molecule has 1 unspecified atom stereocenters. The molecule has 296 valence electrons. The molecule has 0 spiro atoms. The normalized spacial score (nSPS) is 12.5. The van der Waals surface area contributed by atoms with Gasteiger partial charge in [0.25, 0.3) is 0 Å². The highest BCUT2D eigenvalue weighted by Gasteiger charge is 2.13. The summed E-state index contributed by atoms with van der Waals surface area (Å²) in [5, 5.41) is 9.61. The van der Waals surface area contributed by atoms with Gasteiger partial charge in [-0.3, -0.25) is 4.79 Å². The summed E-state index contributed by atoms with van der Waals surface area (Å²) in [6, 6.07) is 0. The fraction of sp³-hybridized carbons (Fsp3) is 0.891. The second-order valence-corrected chi connectivity index (χ2v) is 15.1. The molecule has 1 atom stereocenters. The maximum Gasteiger partial charge on any atom is 0.306 e. The monoisotopic (exact) mass is 705 g/mol. The first-order chi connectivity index (χ1) is 24.7. The minimum Gasteiger partial charge on any atom is -0.457 e. The van der Waals surface area contributed by atoms with Crippen LogP contribution in [-0.2, 0) is 14.3 Å². The third-order valence-corrected chi connectivity index (χ3v) is 10.0. The van der Waals surface area contributed by atoms with Gasteiger partial charge in [0.05, 0.1) is 13.2 Å². The van der Waals surface area contributed by atoms with Crippen LogP contribution in [0, 0.1) is 0 Å². The van der Waals surface area contributed by atoms with Gasteiger partial charge in [-0.1, -0.05) is 212 Å². The fourth-order valence-corrected chi connectivity index (χ4v) is 6.65. The molecule has 0 aliphatic rings. The van der Waals surface area contributed by atoms with Crippen LogP contribution in [-0.4, -0.2) is 37.0 Å². The van der Waals surface area contributed by atoms with E-state index in [0.717, 1.165) is 25.7 Å². The van der Waals surface area contributed by atoms with Crippen molar-refractivity contribution in [3.63, 3.8) is 0 Å². The zero-order chi connectivity index (χ0) is 36.3. The van der Waals surface area contributed by atoms with Crippen molar-refractivity contribution in [1.29, 1.82) is 0 Å². The predicted octanol–water partition coefficient (Wildman–Crippen LogP) is 14.7. The smallest absolute Gasteiger partial charge is 0.306 e. The Kier molecular flexibility index (Phi) is 43.0. The standard InChI is InChI=1S/C46H88O4/c1-3-5-7-9-11-13-15-17-19-21-22-23-24-26-28-30-32-34-36-38-40-42-49-44-45(43-47)50-46(48)41-39-37-35-33-31-29-27-25-20-18-16-14-12-10-8-6-4-2/h12,14,18,20,45,47H,3-11,13,15-17,19,21-44H2,1-2H3/b14-12-,20-18-. The van der Waals surface area contributed by atoms with Crippen molar-refractivity contribution in [3.8, 4) is 0 Å². The van der Waals surface area contributed by atoms with Crippen LogP contribution in [0.4, 0.5) is 0 Å². The summed E-state index contributed by atoms with van der Waals surface area (Å²) in [4.78, 5) is 12.2. The van der Waals surface area contributed by atoms with Crippen molar-refractivity contribution in [3.05, 3.63) is 24.3 Å². The van der Waals surface area contributed by atoms with E-state index < -0.39 is 6.10 Å². The molecule has 0 amide bonds. The summed E-state index contributed by atoms with van der Waals surface area (Å²) in [6.45, 7) is 5.35. The Balaban J connectivity index is 3.38. The maximum absolute atomic E-state index is 12.2. The SMILES string of the molecule is CCCCC/C=C\C/C=C\CCCCCCCCCC(=O)OC(CO)COCCCCCCCCCCCCCCCCCCCCCCC. The van der Waals surface area contributed by atoms with Crippen LogP contribution in [0.5, 0.6) is 0 Å². The molecule has 0 aromatic rings. The number of rotatable bonds is 42. The average Bonchev–Trinajstić information content (AvgIpc) is 3.12. The Morgan fingerprint density at radius 3 is 1.28 bits per heavy atom. The molecule has 0 fully saturated rings. The highest BCUT2D eigenvalue weighted by Crippen LogP contribution is 2.16. The van der Waals surface area contributed by atoms with E-state index in [-0.39, 0.29) is 12.6 Å². The molecule has 0 heterocycles. The van der Waals surface area contributed by atoms with Crippen LogP contribution in [0.1, 0.15) is 239 Å². The van der Waals surface area contributed by atoms with Gasteiger partial charge in [-0.25, -0.2) is 0 Å². The quantitative estimate of drug-likeness (QED) is 0.0390. The van der Waals surface area contributed by atoms with Gasteiger partial charge in [-0.15, -0.1) is 0 Å². The Labute approximate surface area is 313 Å². The lowest BCUT2D eigenvalue weighted by Gasteiger charge is -2.16. The number of aliphatic hydroxyl groups is 1. The van der Waals surface area contributed by atoms with E-state index in [1.54, 1.807) is 0 Å². The van der Waals surface area contributed by atoms with Crippen LogP contribution in [0.2, 0.25) is 0 Å². The van der Waals surface area contributed by atoms with Crippen molar-refractivity contribution in [1.82, 2.24) is 0 Å². The first-order valence-electron chi connectivity index (χ1n) is 22.4. The van der Waals surface area contributed by atoms with Gasteiger partial charge in [0.2, 0.25) is 0 Å². The first-order valence-corrected chi connectivity index (χ1v) is 22.4. The van der Waals surface area contributed by atoms with E-state index in [2.05, 4.69) is 38.2 Å². The molecule has 1 N–H and O–H groups in total. The van der Waals surface area contributed by atoms with E-state index in [1.807, 2.05) is 0 Å². The molecule has 4 heteroatoms. The van der Waals surface area contributed by atoms with Gasteiger partial charge < -0.3 is 14.6 Å². The number of carbonyl (C=O) groups excluding carboxylic acids is 1. The fourth-order valence-electron chi connectivity index (χ4n) is 6.65. The summed E-state index contributed by atoms with van der Waals surface area (Å²) < 4.78 is 11.2. The number of allylic oxidation sites excluding steroid dienone is 4. The second kappa shape index (κ2) is 44.0. The van der Waals surface area contributed by atoms with Crippen molar-refractivity contribution in [2.45, 2.75) is 245 Å². The van der Waals surface area contributed by atoms with Crippen LogP contribution in [0.15, 0.2) is 24.3 Å². The number of aliphatic hydroxyl groups excluding tert-OH is 1. The first kappa shape index (κ1) is 48.9. The van der Waals surface area contributed by atoms with E-state index in [0.29, 0.717) is 19.6 Å². The van der Waals surface area contributed by atoms with Crippen molar-refractivity contribution < 1.29 is 19.4 Å². The van der Waals surface area contributed by atoms with Crippen LogP contribution < -0.4 is 0 Å². The molecule has 0 aromatic carbocycles. The zero-order valence-electron chi connectivity index (χ0n) is 33.9. The molecular formula is C46H88O4. The van der Waals surface area contributed by atoms with Crippen LogP contribution in [0.25, 0.3) is 0 Å². The van der Waals surface area contributed by atoms with Crippen molar-refractivity contribution in [2.75, 3.05) is 19.8 Å². The van der Waals surface area contributed by atoms with E-state index >= 15 is 0 Å². The molecule has 50 heavy (non-hydrogen) atoms. The average molecular weight is 705 g/mol. The minimum absolute atomic E-state index is 0.171. The van der Waals surface area contributed by atoms with Crippen molar-refractivity contribution >= 4 is 5.97 Å². The van der Waals surface area contributed by atoms with Gasteiger partial charge in [0.1, 0.15) is 6.10 Å². The van der Waals surface area contributed by atoms with Gasteiger partial charge in [0.15, 0.2) is 0 Å². The molecule has 0 radical (unpaired) electrons. The van der Waals surface area contributed by atoms with Crippen LogP contribution in [0.3, 0.4) is 0 Å². The Morgan fingerprint density at radius 2 is 0.840 bits per heavy atom. The number of hydrogen-bond acceptors (Lipinski definition) is 4. The number of hydrogen-bond donors (Lipinski definition) is 1. The van der Waals surface area contributed by atoms with Gasteiger partial charge in [-0.05, 0) is 44.9 Å². The Hall–Kier alpha value is -1.13. The molecule has 0 saturated carbocycles. The van der Waals surface area contributed by atoms with E-state index in [9.17, 15) is 9.90 Å². The lowest BCUT2D eigenvalue weighted by atomic mass is 10.0. The summed E-state index contributed by atoms with van der Waals surface area (Å²) >= 11 is 0. The third kappa shape index (κ3) is 41.3. The van der Waals surface area contributed by atoms with E-state index in [1.165, 1.54) is 193 Å². The molecule has 0 aliphatic heterocycles. The predicted molar refractivity (Wildman–Crippen MR) is 219 cm³/mol. The molecule has 0 rings (SSSR count). The summed E-state index contributed by atoms with van der Waals surface area (Å²) in [7, 11) is 0. The summed E-state index contributed by atoms with van der Waals surface area (Å²) in [5.74, 6) is -0.204. The molecule has 0 aliphatic carbocycles. The number of esters is 1. The number of carbonyl (C=O) groups is 1. The van der Waals surface area contributed by atoms with Gasteiger partial charge in [0, 0.05) is 13.0 Å². The number of unbranched alkanes of at least 4 members (excludes halogenated alkanes) is 30. The third-order valence-electron chi connectivity index (χ3n) is 10.0. The largest absolute Gasteiger partial charge is 0.457 e. The molecule has 4 nitrogen and oxygen atoms in total. The topological polar surface area (TPSA) is 55.8 Å². The minimum atomic E-state index is -0.534. The molecular weight excluding hydrogens is 617 g/mol. The molecule has 0 saturated heterocycles. The summed E-state index contributed by atoms with van der Waals surface area (Å²) in [5.41, 5.74) is 0. The van der Waals surface area contributed by atoms with Crippen LogP contribution >= 0.6 is 0 Å². The summed E-state index contributed by atoms with van der Waals surface area (Å²) in [6.07, 6.45) is 53.9. The lowest BCUT2D eigenvalue weighted by Crippen LogP contribution is -2.27. The Morgan fingerprint density at radius 1 is 0.480 bits per heavy atom. The maximum atomic E-state index is 12.2. The zero-order valence-corrected chi connectivity index (χ0v) is 33.9. The van der Waals surface area contributed by atoms with Gasteiger partial charge >= 0.3 is 5.97 Å². The van der Waals surface area contributed by atoms with Crippen molar-refractivity contribution in [2.24, 2.45) is 0 Å². The van der Waals surface area contributed by atoms with E-state index in [4.69, 9.17) is 9.47 Å². The molecule has 0 aromatic heterocycles. The second-order valence-electron chi connectivity index (χ2n) is 15.1. The number of ether oxygens (including phenoxy) is 2. The highest BCUT2D eigenvalue weighted by atomic mass is 16.6. The Bertz CT molecular complexity index is 702. The van der Waals surface area contributed by atoms with Gasteiger partial charge in [-0.2, -0.15) is 0 Å². The molecule has 0 bridgehead atoms. The highest BCUT2D eigenvalue weighted by molar-refractivity contribution is 5.69. The lowest BCUT2D eigenvalue weighted by molar-refractivity contribution is -0.154.